The third-order valence-corrected chi connectivity index (χ3v) is 14.6. The van der Waals surface area contributed by atoms with Crippen molar-refractivity contribution in [3.8, 4) is 5.75 Å². The van der Waals surface area contributed by atoms with Gasteiger partial charge in [0.2, 0.25) is 11.2 Å². The van der Waals surface area contributed by atoms with Crippen LogP contribution in [0.25, 0.3) is 10.9 Å². The summed E-state index contributed by atoms with van der Waals surface area (Å²) in [5.41, 5.74) is 4.87. The summed E-state index contributed by atoms with van der Waals surface area (Å²) >= 11 is 4.40. The maximum absolute atomic E-state index is 14.3. The molecule has 7 aromatic rings. The van der Waals surface area contributed by atoms with Crippen LogP contribution in [0.1, 0.15) is 45.4 Å². The lowest BCUT2D eigenvalue weighted by atomic mass is 9.77. The van der Waals surface area contributed by atoms with Crippen LogP contribution in [0.15, 0.2) is 156 Å². The molecule has 2 aliphatic rings. The number of thiazole rings is 2. The van der Waals surface area contributed by atoms with E-state index >= 15 is 0 Å². The smallest absolute Gasteiger partial charge is 0.355 e. The van der Waals surface area contributed by atoms with Crippen LogP contribution in [0.3, 0.4) is 0 Å². The van der Waals surface area contributed by atoms with Crippen LogP contribution in [0.4, 0.5) is 5.13 Å². The average Bonchev–Trinajstić information content (AvgIpc) is 4.06. The molecule has 9 rings (SSSR count). The van der Waals surface area contributed by atoms with E-state index in [2.05, 4.69) is 56.6 Å². The van der Waals surface area contributed by atoms with Gasteiger partial charge >= 0.3 is 5.97 Å². The van der Waals surface area contributed by atoms with Gasteiger partial charge in [0.15, 0.2) is 10.8 Å². The number of fused-ring (bicyclic) bond motifs is 2. The number of ether oxygens (including phenoxy) is 2. The zero-order valence-electron chi connectivity index (χ0n) is 36.9. The molecule has 0 bridgehead atoms. The third-order valence-electron chi connectivity index (χ3n) is 11.4. The Morgan fingerprint density at radius 2 is 1.58 bits per heavy atom. The van der Waals surface area contributed by atoms with Crippen molar-refractivity contribution >= 4 is 74.0 Å². The lowest BCUT2D eigenvalue weighted by Gasteiger charge is -2.49. The Balaban J connectivity index is 0.00000608. The van der Waals surface area contributed by atoms with E-state index in [1.54, 1.807) is 42.9 Å². The second-order valence-electron chi connectivity index (χ2n) is 15.5. The van der Waals surface area contributed by atoms with Gasteiger partial charge in [-0.25, -0.2) is 14.3 Å². The summed E-state index contributed by atoms with van der Waals surface area (Å²) in [5, 5.41) is 12.6. The highest BCUT2D eigenvalue weighted by atomic mass is 127. The van der Waals surface area contributed by atoms with Crippen LogP contribution in [0.2, 0.25) is 0 Å². The van der Waals surface area contributed by atoms with E-state index < -0.39 is 34.7 Å². The molecule has 0 spiro atoms. The molecule has 3 aromatic heterocycles. The van der Waals surface area contributed by atoms with Crippen molar-refractivity contribution in [3.63, 3.8) is 0 Å². The topological polar surface area (TPSA) is 140 Å². The highest BCUT2D eigenvalue weighted by Crippen LogP contribution is 2.43. The van der Waals surface area contributed by atoms with Gasteiger partial charge in [0.1, 0.15) is 59.2 Å². The molecular weight excluding hydrogens is 1020 g/mol. The number of halogens is 1. The van der Waals surface area contributed by atoms with Gasteiger partial charge in [0.05, 0.1) is 19.0 Å². The van der Waals surface area contributed by atoms with Crippen LogP contribution in [-0.4, -0.2) is 68.7 Å². The fourth-order valence-electron chi connectivity index (χ4n) is 8.10. The van der Waals surface area contributed by atoms with E-state index in [0.29, 0.717) is 22.2 Å². The van der Waals surface area contributed by atoms with Gasteiger partial charge in [-0.1, -0.05) is 126 Å². The SMILES string of the molecule is CCO/N=C(\C(=O)N[C@@H]1C(=O)N2C(C(=O)OCc3ccc(OC)cc3)=C(C=Cc3sc4c[n+](C)cn4c3C)CS[C@H]12)c1csc(NC(c2ccccc2)(c2ccccc2)c2ccccc2)n1.[I-]. The molecule has 67 heavy (non-hydrogen) atoms. The number of allylic oxidation sites excluding steroid dienone is 1. The Labute approximate surface area is 417 Å². The molecule has 0 saturated carbocycles. The average molecular weight is 1060 g/mol. The van der Waals surface area contributed by atoms with Crippen LogP contribution in [-0.2, 0) is 43.2 Å². The van der Waals surface area contributed by atoms with Crippen molar-refractivity contribution in [1.29, 1.82) is 0 Å². The predicted molar refractivity (Wildman–Crippen MR) is 258 cm³/mol. The molecule has 342 valence electrons. The van der Waals surface area contributed by atoms with Gasteiger partial charge in [-0.2, -0.15) is 4.40 Å². The van der Waals surface area contributed by atoms with Gasteiger partial charge in [-0.15, -0.1) is 23.1 Å². The lowest BCUT2D eigenvalue weighted by Crippen LogP contribution is -3.00. The zero-order chi connectivity index (χ0) is 45.8. The number of methoxy groups -OCH3 is 1. The monoisotopic (exact) mass is 1060 g/mol. The number of amides is 2. The summed E-state index contributed by atoms with van der Waals surface area (Å²) < 4.78 is 15.3. The number of thioether (sulfide) groups is 1. The fraction of sp³-hybridized carbons (Fsp3) is 0.200. The minimum atomic E-state index is -0.968. The molecule has 0 aliphatic carbocycles. The lowest BCUT2D eigenvalue weighted by molar-refractivity contribution is -0.670. The number of carbonyl (C=O) groups excluding carboxylic acids is 3. The first-order valence-corrected chi connectivity index (χ1v) is 24.0. The quantitative estimate of drug-likeness (QED) is 0.0265. The predicted octanol–water partition coefficient (Wildman–Crippen LogP) is 4.86. The van der Waals surface area contributed by atoms with Crippen LogP contribution in [0, 0.1) is 6.92 Å². The number of aromatic nitrogens is 3. The molecule has 1 fully saturated rings. The first-order valence-electron chi connectivity index (χ1n) is 21.2. The number of carbonyl (C=O) groups is 3. The van der Waals surface area contributed by atoms with Gasteiger partial charge in [0, 0.05) is 11.1 Å². The summed E-state index contributed by atoms with van der Waals surface area (Å²) in [6.45, 7) is 3.99. The number of anilines is 1. The Morgan fingerprint density at radius 1 is 0.940 bits per heavy atom. The number of benzene rings is 4. The number of aryl methyl sites for hydroxylation is 2. The molecule has 4 aromatic carbocycles. The molecule has 0 unspecified atom stereocenters. The minimum absolute atomic E-state index is 0. The van der Waals surface area contributed by atoms with Gasteiger partial charge < -0.3 is 48.9 Å². The maximum atomic E-state index is 14.3. The molecule has 0 radical (unpaired) electrons. The van der Waals surface area contributed by atoms with Crippen molar-refractivity contribution in [2.45, 2.75) is 37.4 Å². The van der Waals surface area contributed by atoms with Crippen LogP contribution >= 0.6 is 34.4 Å². The first kappa shape index (κ1) is 47.2. The molecule has 17 heteroatoms. The second-order valence-corrected chi connectivity index (χ2v) is 18.6. The second kappa shape index (κ2) is 20.7. The van der Waals surface area contributed by atoms with Crippen molar-refractivity contribution in [1.82, 2.24) is 19.6 Å². The summed E-state index contributed by atoms with van der Waals surface area (Å²) in [6, 6.07) is 36.7. The highest BCUT2D eigenvalue weighted by Gasteiger charge is 2.54. The Morgan fingerprint density at radius 3 is 2.18 bits per heavy atom. The van der Waals surface area contributed by atoms with Gasteiger partial charge in [0.25, 0.3) is 11.8 Å². The number of imidazole rings is 1. The molecule has 1 saturated heterocycles. The molecule has 2 atom stereocenters. The van der Waals surface area contributed by atoms with Gasteiger partial charge in [-0.3, -0.25) is 14.5 Å². The van der Waals surface area contributed by atoms with Crippen molar-refractivity contribution in [2.24, 2.45) is 12.2 Å². The largest absolute Gasteiger partial charge is 1.00 e. The van der Waals surface area contributed by atoms with Crippen LogP contribution < -0.4 is 43.9 Å². The fourth-order valence-corrected chi connectivity index (χ4v) is 11.3. The van der Waals surface area contributed by atoms with E-state index in [4.69, 9.17) is 19.3 Å². The molecule has 2 N–H and O–H groups in total. The first-order chi connectivity index (χ1) is 32.2. The summed E-state index contributed by atoms with van der Waals surface area (Å²) in [5.74, 6) is -0.674. The number of hydrogen-bond acceptors (Lipinski definition) is 12. The number of rotatable bonds is 16. The third kappa shape index (κ3) is 9.50. The number of esters is 1. The van der Waals surface area contributed by atoms with Gasteiger partial charge in [-0.05, 0) is 59.9 Å². The van der Waals surface area contributed by atoms with Crippen molar-refractivity contribution < 1.29 is 57.2 Å². The number of hydrogen-bond donors (Lipinski definition) is 2. The maximum Gasteiger partial charge on any atom is 0.355 e. The Kier molecular flexibility index (Phi) is 14.6. The number of β-lactam (4-membered cyclic amide) rings is 1. The summed E-state index contributed by atoms with van der Waals surface area (Å²) in [7, 11) is 3.57. The highest BCUT2D eigenvalue weighted by molar-refractivity contribution is 8.00. The normalized spacial score (nSPS) is 16.0. The van der Waals surface area contributed by atoms with Crippen LogP contribution in [0.5, 0.6) is 5.75 Å². The molecule has 2 aliphatic heterocycles. The molecular formula is C50H46IN7O6S3. The van der Waals surface area contributed by atoms with E-state index in [-0.39, 0.29) is 54.3 Å². The minimum Gasteiger partial charge on any atom is -1.00 e. The standard InChI is InChI=1S/C50H45N7O6S3.HI/c1-5-63-54-42(39-30-65-49(51-39)53-50(35-15-9-6-10-16-35,36-17-11-7-12-18-36)37-19-13-8-14-20-37)45(58)52-43-46(59)57-44(48(60)62-28-33-21-24-38(61-4)25-22-33)34(29-64-47(43)57)23-26-40-32(2)56-31-55(3)27-41(56)66-40;/h6-27,30-31,43,47H,5,28-29H2,1-4H3,(H-,51,52,53,58);1H/b26-23?,54-42-;/t43-,47-;/m1./s1. The molecule has 13 nitrogen and oxygen atoms in total. The van der Waals surface area contributed by atoms with Crippen molar-refractivity contribution in [2.75, 3.05) is 24.8 Å². The Bertz CT molecular complexity index is 2890. The molecule has 5 heterocycles. The van der Waals surface area contributed by atoms with E-state index in [1.165, 1.54) is 28.0 Å². The van der Waals surface area contributed by atoms with E-state index in [9.17, 15) is 14.4 Å². The zero-order valence-corrected chi connectivity index (χ0v) is 41.5. The Hall–Kier alpha value is -6.28. The number of nitrogens with zero attached hydrogens (tertiary/aromatic N) is 5. The number of oxime groups is 1. The number of nitrogens with one attached hydrogen (secondary N) is 2. The van der Waals surface area contributed by atoms with E-state index in [1.807, 2.05) is 110 Å². The molecule has 2 amide bonds. The van der Waals surface area contributed by atoms with E-state index in [0.717, 1.165) is 37.7 Å². The summed E-state index contributed by atoms with van der Waals surface area (Å²) in [6.07, 6.45) is 7.92. The summed E-state index contributed by atoms with van der Waals surface area (Å²) in [4.78, 5) is 56.5. The van der Waals surface area contributed by atoms with Crippen molar-refractivity contribution in [3.05, 3.63) is 189 Å².